The Bertz CT molecular complexity index is 1230. The fourth-order valence-corrected chi connectivity index (χ4v) is 3.91. The molecule has 0 aliphatic rings. The second kappa shape index (κ2) is 8.40. The predicted molar refractivity (Wildman–Crippen MR) is 113 cm³/mol. The highest BCUT2D eigenvalue weighted by molar-refractivity contribution is 7.15. The van der Waals surface area contributed by atoms with Gasteiger partial charge in [-0.3, -0.25) is 19.5 Å². The van der Waals surface area contributed by atoms with Crippen LogP contribution in [0, 0.1) is 22.9 Å². The third-order valence-electron chi connectivity index (χ3n) is 4.54. The van der Waals surface area contributed by atoms with Crippen molar-refractivity contribution in [1.82, 2.24) is 29.8 Å². The molecule has 1 N–H and O–H groups in total. The number of hydrogen-bond acceptors (Lipinski definition) is 8. The van der Waals surface area contributed by atoms with Crippen molar-refractivity contribution in [3.05, 3.63) is 73.9 Å². The van der Waals surface area contributed by atoms with Crippen molar-refractivity contribution in [2.75, 3.05) is 5.32 Å². The molecule has 0 radical (unpaired) electrons. The summed E-state index contributed by atoms with van der Waals surface area (Å²) in [5.74, 6) is 0.114. The van der Waals surface area contributed by atoms with Crippen molar-refractivity contribution in [2.45, 2.75) is 26.4 Å². The summed E-state index contributed by atoms with van der Waals surface area (Å²) in [5, 5.41) is 32.3. The van der Waals surface area contributed by atoms with Crippen molar-refractivity contribution in [1.29, 1.82) is 0 Å². The fraction of sp³-hybridized carbons (Fsp3) is 0.222. The first-order valence-corrected chi connectivity index (χ1v) is 10.3. The lowest BCUT2D eigenvalue weighted by Gasteiger charge is -2.06. The van der Waals surface area contributed by atoms with Crippen LogP contribution >= 0.6 is 22.9 Å². The van der Waals surface area contributed by atoms with Gasteiger partial charge in [0.05, 0.1) is 11.5 Å². The van der Waals surface area contributed by atoms with Crippen LogP contribution in [-0.4, -0.2) is 34.7 Å². The normalized spacial score (nSPS) is 12.1. The summed E-state index contributed by atoms with van der Waals surface area (Å²) in [6.07, 6.45) is 3.07. The van der Waals surface area contributed by atoms with Crippen LogP contribution in [0.5, 0.6) is 0 Å². The lowest BCUT2D eigenvalue weighted by Crippen LogP contribution is -2.07. The number of aromatic nitrogens is 6. The van der Waals surface area contributed by atoms with E-state index in [2.05, 4.69) is 25.7 Å². The summed E-state index contributed by atoms with van der Waals surface area (Å²) in [6.45, 7) is 3.59. The fourth-order valence-electron chi connectivity index (χ4n) is 2.89. The first-order chi connectivity index (χ1) is 14.8. The molecular formula is C18H16ClFN8O2S. The molecule has 13 heteroatoms. The van der Waals surface area contributed by atoms with E-state index in [1.54, 1.807) is 36.0 Å². The van der Waals surface area contributed by atoms with Crippen LogP contribution < -0.4 is 5.32 Å². The van der Waals surface area contributed by atoms with Gasteiger partial charge in [0, 0.05) is 22.8 Å². The van der Waals surface area contributed by atoms with Crippen LogP contribution in [0.2, 0.25) is 5.02 Å². The topological polar surface area (TPSA) is 117 Å². The number of rotatable bonds is 7. The third kappa shape index (κ3) is 4.39. The number of halogens is 2. The van der Waals surface area contributed by atoms with E-state index in [4.69, 9.17) is 11.6 Å². The Morgan fingerprint density at radius 3 is 2.84 bits per heavy atom. The Balaban J connectivity index is 1.46. The second-order valence-electron chi connectivity index (χ2n) is 6.68. The maximum absolute atomic E-state index is 14.0. The summed E-state index contributed by atoms with van der Waals surface area (Å²) in [7, 11) is 0. The van der Waals surface area contributed by atoms with E-state index in [1.165, 1.54) is 28.3 Å². The third-order valence-corrected chi connectivity index (χ3v) is 5.90. The molecule has 160 valence electrons. The van der Waals surface area contributed by atoms with Gasteiger partial charge >= 0.3 is 5.69 Å². The average molecular weight is 463 g/mol. The molecule has 0 spiro atoms. The Morgan fingerprint density at radius 1 is 1.32 bits per heavy atom. The first-order valence-electron chi connectivity index (χ1n) is 9.08. The summed E-state index contributed by atoms with van der Waals surface area (Å²) >= 11 is 7.35. The van der Waals surface area contributed by atoms with E-state index >= 15 is 0 Å². The molecule has 10 nitrogen and oxygen atoms in total. The first kappa shape index (κ1) is 20.9. The molecule has 0 unspecified atom stereocenters. The van der Waals surface area contributed by atoms with E-state index in [1.807, 2.05) is 6.92 Å². The smallest absolute Gasteiger partial charge is 0.309 e. The van der Waals surface area contributed by atoms with Crippen LogP contribution in [-0.2, 0) is 6.54 Å². The molecule has 3 aromatic heterocycles. The maximum Gasteiger partial charge on any atom is 0.309 e. The van der Waals surface area contributed by atoms with Gasteiger partial charge in [-0.15, -0.1) is 10.2 Å². The van der Waals surface area contributed by atoms with Gasteiger partial charge < -0.3 is 5.32 Å². The standard InChI is InChI=1S/C18H16ClFN8O2S/c1-10-15(28(29)30)9-27(24-10)11(2)17-22-23-18(31-17)21-16-6-7-26(25-16)8-12-13(19)4-3-5-14(12)20/h3-7,9,11H,8H2,1-2H3,(H,21,23,25)/t11-/m1/s1. The minimum atomic E-state index is -0.469. The zero-order valence-electron chi connectivity index (χ0n) is 16.4. The Hall–Kier alpha value is -3.38. The quantitative estimate of drug-likeness (QED) is 0.320. The molecule has 3 heterocycles. The molecule has 0 amide bonds. The Kier molecular flexibility index (Phi) is 5.65. The zero-order chi connectivity index (χ0) is 22.1. The van der Waals surface area contributed by atoms with Crippen LogP contribution in [0.25, 0.3) is 0 Å². The van der Waals surface area contributed by atoms with E-state index in [0.29, 0.717) is 32.2 Å². The van der Waals surface area contributed by atoms with Crippen molar-refractivity contribution in [2.24, 2.45) is 0 Å². The second-order valence-corrected chi connectivity index (χ2v) is 8.10. The minimum Gasteiger partial charge on any atom is -0.313 e. The lowest BCUT2D eigenvalue weighted by molar-refractivity contribution is -0.385. The highest BCUT2D eigenvalue weighted by Crippen LogP contribution is 2.28. The molecule has 31 heavy (non-hydrogen) atoms. The van der Waals surface area contributed by atoms with Crippen LogP contribution in [0.15, 0.2) is 36.7 Å². The SMILES string of the molecule is Cc1nn([C@H](C)c2nnc(Nc3ccn(Cc4c(F)cccc4Cl)n3)s2)cc1[N+](=O)[O-]. The maximum atomic E-state index is 14.0. The molecule has 0 saturated carbocycles. The molecule has 1 atom stereocenters. The molecular weight excluding hydrogens is 447 g/mol. The summed E-state index contributed by atoms with van der Waals surface area (Å²) in [5.41, 5.74) is 0.643. The van der Waals surface area contributed by atoms with Gasteiger partial charge in [-0.2, -0.15) is 10.2 Å². The molecule has 0 aliphatic heterocycles. The molecule has 0 aliphatic carbocycles. The Morgan fingerprint density at radius 2 is 2.13 bits per heavy atom. The van der Waals surface area contributed by atoms with Gasteiger partial charge in [0.25, 0.3) is 0 Å². The number of nitro groups is 1. The van der Waals surface area contributed by atoms with Crippen molar-refractivity contribution in [3.8, 4) is 0 Å². The van der Waals surface area contributed by atoms with Crippen LogP contribution in [0.3, 0.4) is 0 Å². The van der Waals surface area contributed by atoms with E-state index in [9.17, 15) is 14.5 Å². The largest absolute Gasteiger partial charge is 0.313 e. The lowest BCUT2D eigenvalue weighted by atomic mass is 10.2. The highest BCUT2D eigenvalue weighted by atomic mass is 35.5. The number of anilines is 2. The van der Waals surface area contributed by atoms with Gasteiger partial charge in [-0.05, 0) is 26.0 Å². The predicted octanol–water partition coefficient (Wildman–Crippen LogP) is 4.34. The van der Waals surface area contributed by atoms with Crippen LogP contribution in [0.4, 0.5) is 21.0 Å². The van der Waals surface area contributed by atoms with Gasteiger partial charge in [0.1, 0.15) is 28.8 Å². The number of aryl methyl sites for hydroxylation is 1. The Labute approximate surface area is 184 Å². The summed E-state index contributed by atoms with van der Waals surface area (Å²) in [6, 6.07) is 5.92. The minimum absolute atomic E-state index is 0.0461. The molecule has 4 rings (SSSR count). The number of benzene rings is 1. The molecule has 0 bridgehead atoms. The molecule has 0 fully saturated rings. The molecule has 1 aromatic carbocycles. The number of nitrogens with one attached hydrogen (secondary N) is 1. The van der Waals surface area contributed by atoms with Gasteiger partial charge in [-0.25, -0.2) is 4.39 Å². The van der Waals surface area contributed by atoms with E-state index < -0.39 is 10.7 Å². The van der Waals surface area contributed by atoms with Crippen molar-refractivity contribution >= 4 is 39.6 Å². The van der Waals surface area contributed by atoms with Crippen molar-refractivity contribution in [3.63, 3.8) is 0 Å². The average Bonchev–Trinajstić information content (AvgIpc) is 3.45. The van der Waals surface area contributed by atoms with E-state index in [-0.39, 0.29) is 18.3 Å². The number of hydrogen-bond donors (Lipinski definition) is 1. The van der Waals surface area contributed by atoms with Gasteiger partial charge in [0.2, 0.25) is 5.13 Å². The summed E-state index contributed by atoms with van der Waals surface area (Å²) < 4.78 is 17.0. The molecule has 0 saturated heterocycles. The monoisotopic (exact) mass is 462 g/mol. The number of nitrogens with zero attached hydrogens (tertiary/aromatic N) is 7. The molecule has 4 aromatic rings. The van der Waals surface area contributed by atoms with E-state index in [0.717, 1.165) is 0 Å². The zero-order valence-corrected chi connectivity index (χ0v) is 17.9. The van der Waals surface area contributed by atoms with Crippen LogP contribution in [0.1, 0.15) is 29.2 Å². The van der Waals surface area contributed by atoms with Crippen molar-refractivity contribution < 1.29 is 9.31 Å². The van der Waals surface area contributed by atoms with Gasteiger partial charge in [-0.1, -0.05) is 29.0 Å². The van der Waals surface area contributed by atoms with Gasteiger partial charge in [0.15, 0.2) is 5.82 Å². The summed E-state index contributed by atoms with van der Waals surface area (Å²) in [4.78, 5) is 10.6. The highest BCUT2D eigenvalue weighted by Gasteiger charge is 2.21.